The van der Waals surface area contributed by atoms with Crippen molar-refractivity contribution in [2.75, 3.05) is 0 Å². The zero-order valence-corrected chi connectivity index (χ0v) is 13.7. The van der Waals surface area contributed by atoms with Gasteiger partial charge in [-0.05, 0) is 31.9 Å². The van der Waals surface area contributed by atoms with Crippen LogP contribution in [-0.2, 0) is 17.9 Å². The summed E-state index contributed by atoms with van der Waals surface area (Å²) in [4.78, 5) is 11.7. The van der Waals surface area contributed by atoms with E-state index in [1.807, 2.05) is 43.5 Å². The average Bonchev–Trinajstić information content (AvgIpc) is 3.01. The van der Waals surface area contributed by atoms with Gasteiger partial charge >= 0.3 is 0 Å². The summed E-state index contributed by atoms with van der Waals surface area (Å²) in [5.41, 5.74) is 0.776. The van der Waals surface area contributed by atoms with E-state index in [2.05, 4.69) is 22.6 Å². The van der Waals surface area contributed by atoms with Crippen molar-refractivity contribution in [1.29, 1.82) is 0 Å². The number of hydrogen-bond donors (Lipinski definition) is 1. The van der Waals surface area contributed by atoms with Gasteiger partial charge < -0.3 is 10.1 Å². The molecule has 6 heteroatoms. The summed E-state index contributed by atoms with van der Waals surface area (Å²) in [7, 11) is 0. The fourth-order valence-corrected chi connectivity index (χ4v) is 2.04. The van der Waals surface area contributed by atoms with Crippen LogP contribution in [0.5, 0.6) is 5.75 Å². The Hall–Kier alpha value is -2.37. The van der Waals surface area contributed by atoms with Crippen molar-refractivity contribution in [2.45, 2.75) is 52.3 Å². The minimum Gasteiger partial charge on any atom is -0.487 e. The third-order valence-corrected chi connectivity index (χ3v) is 3.53. The van der Waals surface area contributed by atoms with E-state index in [0.717, 1.165) is 24.3 Å². The molecule has 0 radical (unpaired) electrons. The Kier molecular flexibility index (Phi) is 6.59. The van der Waals surface area contributed by atoms with Gasteiger partial charge in [-0.1, -0.05) is 30.3 Å². The molecule has 0 spiro atoms. The number of aryl methyl sites for hydroxylation is 1. The highest BCUT2D eigenvalue weighted by Gasteiger charge is 2.06. The van der Waals surface area contributed by atoms with E-state index in [-0.39, 0.29) is 11.9 Å². The third kappa shape index (κ3) is 6.10. The predicted molar refractivity (Wildman–Crippen MR) is 87.9 cm³/mol. The van der Waals surface area contributed by atoms with Crippen molar-refractivity contribution in [2.24, 2.45) is 0 Å². The second-order valence-corrected chi connectivity index (χ2v) is 5.56. The molecule has 6 nitrogen and oxygen atoms in total. The first-order valence-corrected chi connectivity index (χ1v) is 8.03. The summed E-state index contributed by atoms with van der Waals surface area (Å²) in [5.74, 6) is 0.899. The second kappa shape index (κ2) is 8.92. The monoisotopic (exact) mass is 316 g/mol. The van der Waals surface area contributed by atoms with Crippen molar-refractivity contribution in [3.05, 3.63) is 42.2 Å². The molecule has 1 N–H and O–H groups in total. The smallest absolute Gasteiger partial charge is 0.220 e. The number of nitrogens with zero attached hydrogens (tertiary/aromatic N) is 3. The lowest BCUT2D eigenvalue weighted by molar-refractivity contribution is -0.121. The van der Waals surface area contributed by atoms with Crippen LogP contribution in [0.25, 0.3) is 0 Å². The molecule has 0 saturated carbocycles. The number of rotatable bonds is 9. The molecule has 1 atom stereocenters. The number of carbonyl (C=O) groups is 1. The SMILES string of the molecule is CC[C@@H](C)NC(=O)CCCn1cc(COc2ccccc2)nn1. The van der Waals surface area contributed by atoms with Crippen LogP contribution >= 0.6 is 0 Å². The summed E-state index contributed by atoms with van der Waals surface area (Å²) in [5, 5.41) is 11.1. The molecule has 0 unspecified atom stereocenters. The lowest BCUT2D eigenvalue weighted by Crippen LogP contribution is -2.31. The Morgan fingerprint density at radius 1 is 1.35 bits per heavy atom. The van der Waals surface area contributed by atoms with Crippen LogP contribution in [0.3, 0.4) is 0 Å². The molecule has 0 aliphatic rings. The molecule has 0 bridgehead atoms. The zero-order valence-electron chi connectivity index (χ0n) is 13.7. The Bertz CT molecular complexity index is 598. The molecular weight excluding hydrogens is 292 g/mol. The van der Waals surface area contributed by atoms with E-state index in [0.29, 0.717) is 19.6 Å². The molecule has 0 aliphatic heterocycles. The van der Waals surface area contributed by atoms with Crippen molar-refractivity contribution >= 4 is 5.91 Å². The van der Waals surface area contributed by atoms with Gasteiger partial charge in [0.25, 0.3) is 0 Å². The van der Waals surface area contributed by atoms with Crippen LogP contribution in [0.4, 0.5) is 0 Å². The van der Waals surface area contributed by atoms with Crippen LogP contribution < -0.4 is 10.1 Å². The lowest BCUT2D eigenvalue weighted by atomic mass is 10.2. The molecule has 1 aromatic heterocycles. The highest BCUT2D eigenvalue weighted by Crippen LogP contribution is 2.10. The molecular formula is C17H24N4O2. The van der Waals surface area contributed by atoms with Gasteiger partial charge in [0.05, 0.1) is 6.20 Å². The molecule has 1 heterocycles. The Morgan fingerprint density at radius 3 is 2.87 bits per heavy atom. The molecule has 2 aromatic rings. The molecule has 124 valence electrons. The average molecular weight is 316 g/mol. The van der Waals surface area contributed by atoms with Crippen LogP contribution in [0.1, 0.15) is 38.8 Å². The van der Waals surface area contributed by atoms with E-state index in [1.54, 1.807) is 4.68 Å². The fraction of sp³-hybridized carbons (Fsp3) is 0.471. The van der Waals surface area contributed by atoms with Crippen LogP contribution in [-0.4, -0.2) is 26.9 Å². The highest BCUT2D eigenvalue weighted by atomic mass is 16.5. The number of aromatic nitrogens is 3. The number of carbonyl (C=O) groups excluding carboxylic acids is 1. The molecule has 1 aromatic carbocycles. The molecule has 0 fully saturated rings. The van der Waals surface area contributed by atoms with Gasteiger partial charge in [0.2, 0.25) is 5.91 Å². The number of nitrogens with one attached hydrogen (secondary N) is 1. The first kappa shape index (κ1) is 17.0. The number of para-hydroxylation sites is 1. The minimum absolute atomic E-state index is 0.0899. The van der Waals surface area contributed by atoms with Crippen LogP contribution in [0, 0.1) is 0 Å². The fourth-order valence-electron chi connectivity index (χ4n) is 2.04. The van der Waals surface area contributed by atoms with Crippen molar-refractivity contribution < 1.29 is 9.53 Å². The lowest BCUT2D eigenvalue weighted by Gasteiger charge is -2.10. The van der Waals surface area contributed by atoms with E-state index in [9.17, 15) is 4.79 Å². The first-order valence-electron chi connectivity index (χ1n) is 8.03. The van der Waals surface area contributed by atoms with E-state index in [4.69, 9.17) is 4.74 Å². The molecule has 2 rings (SSSR count). The summed E-state index contributed by atoms with van der Waals surface area (Å²) in [6.07, 6.45) is 4.04. The largest absolute Gasteiger partial charge is 0.487 e. The Labute approximate surface area is 136 Å². The number of benzene rings is 1. The maximum absolute atomic E-state index is 11.7. The highest BCUT2D eigenvalue weighted by molar-refractivity contribution is 5.76. The maximum atomic E-state index is 11.7. The first-order chi connectivity index (χ1) is 11.2. The number of ether oxygens (including phenoxy) is 1. The summed E-state index contributed by atoms with van der Waals surface area (Å²) in [6, 6.07) is 9.84. The maximum Gasteiger partial charge on any atom is 0.220 e. The molecule has 1 amide bonds. The van der Waals surface area contributed by atoms with Gasteiger partial charge in [-0.3, -0.25) is 9.48 Å². The van der Waals surface area contributed by atoms with Gasteiger partial charge in [0, 0.05) is 19.0 Å². The molecule has 23 heavy (non-hydrogen) atoms. The number of amides is 1. The standard InChI is InChI=1S/C17H24N4O2/c1-3-14(2)18-17(22)10-7-11-21-12-15(19-20-21)13-23-16-8-5-4-6-9-16/h4-6,8-9,12,14H,3,7,10-11,13H2,1-2H3,(H,18,22)/t14-/m1/s1. The molecule has 0 aliphatic carbocycles. The minimum atomic E-state index is 0.0899. The van der Waals surface area contributed by atoms with Crippen molar-refractivity contribution in [1.82, 2.24) is 20.3 Å². The quantitative estimate of drug-likeness (QED) is 0.772. The van der Waals surface area contributed by atoms with Crippen LogP contribution in [0.2, 0.25) is 0 Å². The van der Waals surface area contributed by atoms with Crippen molar-refractivity contribution in [3.63, 3.8) is 0 Å². The van der Waals surface area contributed by atoms with E-state index >= 15 is 0 Å². The number of hydrogen-bond acceptors (Lipinski definition) is 4. The summed E-state index contributed by atoms with van der Waals surface area (Å²) >= 11 is 0. The van der Waals surface area contributed by atoms with Gasteiger partial charge in [-0.25, -0.2) is 0 Å². The molecule has 0 saturated heterocycles. The van der Waals surface area contributed by atoms with Gasteiger partial charge in [0.15, 0.2) is 0 Å². The normalized spacial score (nSPS) is 11.9. The van der Waals surface area contributed by atoms with E-state index in [1.165, 1.54) is 0 Å². The van der Waals surface area contributed by atoms with Crippen LogP contribution in [0.15, 0.2) is 36.5 Å². The van der Waals surface area contributed by atoms with Crippen molar-refractivity contribution in [3.8, 4) is 5.75 Å². The summed E-state index contributed by atoms with van der Waals surface area (Å²) < 4.78 is 7.37. The second-order valence-electron chi connectivity index (χ2n) is 5.56. The van der Waals surface area contributed by atoms with E-state index < -0.39 is 0 Å². The zero-order chi connectivity index (χ0) is 16.5. The van der Waals surface area contributed by atoms with Gasteiger partial charge in [-0.15, -0.1) is 5.10 Å². The summed E-state index contributed by atoms with van der Waals surface area (Å²) in [6.45, 7) is 5.12. The Morgan fingerprint density at radius 2 is 2.13 bits per heavy atom. The van der Waals surface area contributed by atoms with Gasteiger partial charge in [0.1, 0.15) is 18.1 Å². The Balaban J connectivity index is 1.69. The predicted octanol–water partition coefficient (Wildman–Crippen LogP) is 2.55. The topological polar surface area (TPSA) is 69.0 Å². The third-order valence-electron chi connectivity index (χ3n) is 3.53. The van der Waals surface area contributed by atoms with Gasteiger partial charge in [-0.2, -0.15) is 0 Å².